The second kappa shape index (κ2) is 6.76. The topological polar surface area (TPSA) is 12.0 Å². The molecule has 2 aromatic rings. The number of thiophene rings is 1. The lowest BCUT2D eigenvalue weighted by molar-refractivity contribution is 0.574. The number of hydrogen-bond donors (Lipinski definition) is 1. The van der Waals surface area contributed by atoms with Crippen LogP contribution in [0.3, 0.4) is 0 Å². The summed E-state index contributed by atoms with van der Waals surface area (Å²) in [6, 6.07) is 9.78. The molecule has 1 N–H and O–H groups in total. The maximum absolute atomic E-state index is 3.69. The summed E-state index contributed by atoms with van der Waals surface area (Å²) >= 11 is 1.87. The highest BCUT2D eigenvalue weighted by Gasteiger charge is 2.12. The number of hydrogen-bond acceptors (Lipinski definition) is 2. The fraction of sp³-hybridized carbons (Fsp3) is 0.474. The van der Waals surface area contributed by atoms with Gasteiger partial charge in [0.1, 0.15) is 0 Å². The number of benzene rings is 1. The SMILES string of the molecule is CCc1ccsc1CNC(C)c1ccc2c(c1)CCCC2. The van der Waals surface area contributed by atoms with Gasteiger partial charge in [-0.25, -0.2) is 0 Å². The van der Waals surface area contributed by atoms with Crippen molar-refractivity contribution in [3.05, 3.63) is 56.8 Å². The minimum Gasteiger partial charge on any atom is -0.305 e. The van der Waals surface area contributed by atoms with Crippen LogP contribution >= 0.6 is 11.3 Å². The summed E-state index contributed by atoms with van der Waals surface area (Å²) in [6.45, 7) is 5.50. The Morgan fingerprint density at radius 1 is 1.14 bits per heavy atom. The van der Waals surface area contributed by atoms with Crippen LogP contribution in [-0.2, 0) is 25.8 Å². The summed E-state index contributed by atoms with van der Waals surface area (Å²) in [7, 11) is 0. The van der Waals surface area contributed by atoms with Crippen LogP contribution in [0.2, 0.25) is 0 Å². The number of aryl methyl sites for hydroxylation is 3. The van der Waals surface area contributed by atoms with Crippen LogP contribution in [0, 0.1) is 0 Å². The van der Waals surface area contributed by atoms with E-state index in [0.29, 0.717) is 6.04 Å². The van der Waals surface area contributed by atoms with Gasteiger partial charge < -0.3 is 5.32 Å². The Bertz CT molecular complexity index is 599. The Kier molecular flexibility index (Phi) is 4.77. The van der Waals surface area contributed by atoms with Gasteiger partial charge in [0.15, 0.2) is 0 Å². The van der Waals surface area contributed by atoms with Crippen LogP contribution in [0.5, 0.6) is 0 Å². The van der Waals surface area contributed by atoms with Crippen molar-refractivity contribution < 1.29 is 0 Å². The summed E-state index contributed by atoms with van der Waals surface area (Å²) < 4.78 is 0. The maximum Gasteiger partial charge on any atom is 0.0308 e. The highest BCUT2D eigenvalue weighted by molar-refractivity contribution is 7.10. The largest absolute Gasteiger partial charge is 0.305 e. The molecule has 0 amide bonds. The van der Waals surface area contributed by atoms with Crippen molar-refractivity contribution >= 4 is 11.3 Å². The fourth-order valence-electron chi connectivity index (χ4n) is 3.22. The van der Waals surface area contributed by atoms with Crippen molar-refractivity contribution in [3.8, 4) is 0 Å². The minimum absolute atomic E-state index is 0.420. The molecule has 0 spiro atoms. The van der Waals surface area contributed by atoms with Crippen molar-refractivity contribution in [1.82, 2.24) is 5.32 Å². The maximum atomic E-state index is 3.69. The summed E-state index contributed by atoms with van der Waals surface area (Å²) in [6.07, 6.45) is 6.38. The lowest BCUT2D eigenvalue weighted by atomic mass is 9.89. The molecular formula is C19H25NS. The number of rotatable bonds is 5. The zero-order valence-corrected chi connectivity index (χ0v) is 13.9. The van der Waals surface area contributed by atoms with Gasteiger partial charge in [-0.3, -0.25) is 0 Å². The Morgan fingerprint density at radius 2 is 1.95 bits per heavy atom. The molecule has 1 aliphatic carbocycles. The third-order valence-corrected chi connectivity index (χ3v) is 5.62. The smallest absolute Gasteiger partial charge is 0.0308 e. The van der Waals surface area contributed by atoms with E-state index in [2.05, 4.69) is 48.8 Å². The van der Waals surface area contributed by atoms with Crippen LogP contribution in [0.25, 0.3) is 0 Å². The molecule has 0 saturated carbocycles. The lowest BCUT2D eigenvalue weighted by Crippen LogP contribution is -2.18. The van der Waals surface area contributed by atoms with Gasteiger partial charge in [0.05, 0.1) is 0 Å². The van der Waals surface area contributed by atoms with Gasteiger partial charge in [0, 0.05) is 17.5 Å². The summed E-state index contributed by atoms with van der Waals surface area (Å²) in [4.78, 5) is 1.49. The van der Waals surface area contributed by atoms with Crippen molar-refractivity contribution in [2.24, 2.45) is 0 Å². The fourth-order valence-corrected chi connectivity index (χ4v) is 4.15. The van der Waals surface area contributed by atoms with Crippen molar-refractivity contribution in [1.29, 1.82) is 0 Å². The Balaban J connectivity index is 1.66. The second-order valence-electron chi connectivity index (χ2n) is 6.06. The molecule has 0 aliphatic heterocycles. The first-order valence-corrected chi connectivity index (χ1v) is 9.06. The van der Waals surface area contributed by atoms with Gasteiger partial charge in [0.25, 0.3) is 0 Å². The third kappa shape index (κ3) is 3.38. The zero-order valence-electron chi connectivity index (χ0n) is 13.1. The average molecular weight is 299 g/mol. The standard InChI is InChI=1S/C19H25NS/c1-3-15-10-11-21-19(15)13-20-14(2)17-9-8-16-6-4-5-7-18(16)12-17/h8-12,14,20H,3-7,13H2,1-2H3. The molecule has 1 aliphatic rings. The molecule has 2 heteroatoms. The van der Waals surface area contributed by atoms with Crippen molar-refractivity contribution in [2.45, 2.75) is 58.5 Å². The molecule has 3 rings (SSSR count). The van der Waals surface area contributed by atoms with Crippen LogP contribution in [-0.4, -0.2) is 0 Å². The van der Waals surface area contributed by atoms with Gasteiger partial charge in [-0.05, 0) is 72.7 Å². The predicted molar refractivity (Wildman–Crippen MR) is 92.0 cm³/mol. The molecular weight excluding hydrogens is 274 g/mol. The highest BCUT2D eigenvalue weighted by atomic mass is 32.1. The normalized spacial score (nSPS) is 15.7. The summed E-state index contributed by atoms with van der Waals surface area (Å²) in [5.74, 6) is 0. The van der Waals surface area contributed by atoms with Crippen LogP contribution < -0.4 is 5.32 Å². The average Bonchev–Trinajstić information content (AvgIpc) is 2.99. The quantitative estimate of drug-likeness (QED) is 0.815. The molecule has 1 unspecified atom stereocenters. The molecule has 0 fully saturated rings. The van der Waals surface area contributed by atoms with E-state index in [0.717, 1.165) is 13.0 Å². The second-order valence-corrected chi connectivity index (χ2v) is 7.06. The predicted octanol–water partition coefficient (Wildman–Crippen LogP) is 5.04. The first-order valence-electron chi connectivity index (χ1n) is 8.18. The van der Waals surface area contributed by atoms with Crippen molar-refractivity contribution in [2.75, 3.05) is 0 Å². The first-order chi connectivity index (χ1) is 10.3. The van der Waals surface area contributed by atoms with Gasteiger partial charge in [-0.2, -0.15) is 0 Å². The highest BCUT2D eigenvalue weighted by Crippen LogP contribution is 2.25. The van der Waals surface area contributed by atoms with Crippen molar-refractivity contribution in [3.63, 3.8) is 0 Å². The van der Waals surface area contributed by atoms with E-state index < -0.39 is 0 Å². The van der Waals surface area contributed by atoms with E-state index in [1.807, 2.05) is 11.3 Å². The lowest BCUT2D eigenvalue weighted by Gasteiger charge is -2.20. The van der Waals surface area contributed by atoms with Gasteiger partial charge in [0.2, 0.25) is 0 Å². The molecule has 1 heterocycles. The molecule has 0 radical (unpaired) electrons. The number of fused-ring (bicyclic) bond motifs is 1. The molecule has 21 heavy (non-hydrogen) atoms. The van der Waals surface area contributed by atoms with E-state index in [9.17, 15) is 0 Å². The Hall–Kier alpha value is -1.12. The van der Waals surface area contributed by atoms with Crippen LogP contribution in [0.15, 0.2) is 29.6 Å². The molecule has 1 aromatic carbocycles. The first kappa shape index (κ1) is 14.8. The summed E-state index contributed by atoms with van der Waals surface area (Å²) in [5, 5.41) is 5.90. The molecule has 112 valence electrons. The molecule has 1 nitrogen and oxygen atoms in total. The van der Waals surface area contributed by atoms with Gasteiger partial charge >= 0.3 is 0 Å². The monoisotopic (exact) mass is 299 g/mol. The van der Waals surface area contributed by atoms with Gasteiger partial charge in [-0.15, -0.1) is 11.3 Å². The van der Waals surface area contributed by atoms with E-state index in [-0.39, 0.29) is 0 Å². The molecule has 0 saturated heterocycles. The molecule has 1 aromatic heterocycles. The minimum atomic E-state index is 0.420. The third-order valence-electron chi connectivity index (χ3n) is 4.66. The number of nitrogens with one attached hydrogen (secondary N) is 1. The van der Waals surface area contributed by atoms with E-state index in [1.54, 1.807) is 11.1 Å². The molecule has 1 atom stereocenters. The van der Waals surface area contributed by atoms with E-state index in [1.165, 1.54) is 41.7 Å². The van der Waals surface area contributed by atoms with E-state index in [4.69, 9.17) is 0 Å². The Labute approximate surface area is 132 Å². The van der Waals surface area contributed by atoms with Crippen LogP contribution in [0.4, 0.5) is 0 Å². The van der Waals surface area contributed by atoms with Gasteiger partial charge in [-0.1, -0.05) is 25.1 Å². The van der Waals surface area contributed by atoms with E-state index >= 15 is 0 Å². The van der Waals surface area contributed by atoms with Crippen LogP contribution in [0.1, 0.15) is 59.9 Å². The zero-order chi connectivity index (χ0) is 14.7. The molecule has 0 bridgehead atoms. The summed E-state index contributed by atoms with van der Waals surface area (Å²) in [5.41, 5.74) is 6.08. The Morgan fingerprint density at radius 3 is 2.76 bits per heavy atom.